The normalized spacial score (nSPS) is 15.3. The van der Waals surface area contributed by atoms with Crippen LogP contribution in [0.5, 0.6) is 0 Å². The van der Waals surface area contributed by atoms with Crippen LogP contribution in [0.4, 0.5) is 13.2 Å². The second-order valence-corrected chi connectivity index (χ2v) is 4.79. The van der Waals surface area contributed by atoms with Crippen molar-refractivity contribution in [1.29, 1.82) is 0 Å². The SMILES string of the molecule is CN(CC(F)(F)F)CC(C)(C(=O)O)c1ccccc1. The Morgan fingerprint density at radius 1 is 1.21 bits per heavy atom. The molecule has 0 aliphatic rings. The van der Waals surface area contributed by atoms with E-state index >= 15 is 0 Å². The maximum absolute atomic E-state index is 12.3. The lowest BCUT2D eigenvalue weighted by Crippen LogP contribution is -2.45. The van der Waals surface area contributed by atoms with Gasteiger partial charge in [-0.1, -0.05) is 30.3 Å². The number of carbonyl (C=O) groups is 1. The van der Waals surface area contributed by atoms with Crippen LogP contribution >= 0.6 is 0 Å². The minimum absolute atomic E-state index is 0.216. The molecule has 0 radical (unpaired) electrons. The van der Waals surface area contributed by atoms with Gasteiger partial charge in [-0.15, -0.1) is 0 Å². The molecule has 0 aromatic heterocycles. The quantitative estimate of drug-likeness (QED) is 0.897. The zero-order chi connectivity index (χ0) is 14.7. The third-order valence-electron chi connectivity index (χ3n) is 2.92. The summed E-state index contributed by atoms with van der Waals surface area (Å²) in [5.41, 5.74) is -0.891. The Hall–Kier alpha value is -1.56. The number of alkyl halides is 3. The van der Waals surface area contributed by atoms with Crippen LogP contribution in [-0.4, -0.2) is 42.3 Å². The molecule has 1 N–H and O–H groups in total. The molecule has 0 fully saturated rings. The van der Waals surface area contributed by atoms with E-state index in [0.29, 0.717) is 5.56 Å². The van der Waals surface area contributed by atoms with Crippen LogP contribution in [0.25, 0.3) is 0 Å². The highest BCUT2D eigenvalue weighted by Gasteiger charge is 2.39. The molecule has 3 nitrogen and oxygen atoms in total. The van der Waals surface area contributed by atoms with Crippen LogP contribution in [0, 0.1) is 0 Å². The molecule has 6 heteroatoms. The number of nitrogens with zero attached hydrogens (tertiary/aromatic N) is 1. The molecule has 0 spiro atoms. The largest absolute Gasteiger partial charge is 0.481 e. The fourth-order valence-corrected chi connectivity index (χ4v) is 1.99. The second kappa shape index (κ2) is 5.61. The molecule has 1 rings (SSSR count). The van der Waals surface area contributed by atoms with Crippen LogP contribution in [-0.2, 0) is 10.2 Å². The Balaban J connectivity index is 2.93. The fraction of sp³-hybridized carbons (Fsp3) is 0.462. The van der Waals surface area contributed by atoms with E-state index in [1.807, 2.05) is 0 Å². The number of carboxylic acids is 1. The summed E-state index contributed by atoms with van der Waals surface area (Å²) < 4.78 is 36.9. The molecule has 0 saturated carbocycles. The molecular formula is C13H16F3NO2. The highest BCUT2D eigenvalue weighted by atomic mass is 19.4. The first-order valence-electron chi connectivity index (χ1n) is 5.69. The van der Waals surface area contributed by atoms with Gasteiger partial charge in [0, 0.05) is 6.54 Å². The van der Waals surface area contributed by atoms with Crippen LogP contribution in [0.1, 0.15) is 12.5 Å². The van der Waals surface area contributed by atoms with Crippen molar-refractivity contribution >= 4 is 5.97 Å². The topological polar surface area (TPSA) is 40.5 Å². The summed E-state index contributed by atoms with van der Waals surface area (Å²) in [7, 11) is 1.26. The Bertz CT molecular complexity index is 433. The first-order valence-corrected chi connectivity index (χ1v) is 5.69. The maximum atomic E-state index is 12.3. The number of hydrogen-bond donors (Lipinski definition) is 1. The van der Waals surface area contributed by atoms with E-state index in [1.165, 1.54) is 14.0 Å². The predicted octanol–water partition coefficient (Wildman–Crippen LogP) is 2.52. The van der Waals surface area contributed by atoms with Crippen molar-refractivity contribution in [2.24, 2.45) is 0 Å². The molecule has 0 saturated heterocycles. The highest BCUT2D eigenvalue weighted by molar-refractivity contribution is 5.81. The molecule has 0 amide bonds. The van der Waals surface area contributed by atoms with Gasteiger partial charge in [0.15, 0.2) is 0 Å². The first kappa shape index (κ1) is 15.5. The van der Waals surface area contributed by atoms with E-state index < -0.39 is 24.1 Å². The van der Waals surface area contributed by atoms with Gasteiger partial charge in [-0.3, -0.25) is 9.69 Å². The van der Waals surface area contributed by atoms with Gasteiger partial charge < -0.3 is 5.11 Å². The average Bonchev–Trinajstić information content (AvgIpc) is 2.27. The van der Waals surface area contributed by atoms with Crippen LogP contribution in [0.3, 0.4) is 0 Å². The smallest absolute Gasteiger partial charge is 0.401 e. The van der Waals surface area contributed by atoms with Gasteiger partial charge in [-0.2, -0.15) is 13.2 Å². The van der Waals surface area contributed by atoms with Crippen LogP contribution in [0.2, 0.25) is 0 Å². The molecule has 0 aliphatic carbocycles. The summed E-state index contributed by atoms with van der Waals surface area (Å²) in [6, 6.07) is 8.27. The van der Waals surface area contributed by atoms with Gasteiger partial charge in [-0.05, 0) is 19.5 Å². The third-order valence-corrected chi connectivity index (χ3v) is 2.92. The number of likely N-dealkylation sites (N-methyl/N-ethyl adjacent to an activating group) is 1. The maximum Gasteiger partial charge on any atom is 0.401 e. The van der Waals surface area contributed by atoms with E-state index in [1.54, 1.807) is 30.3 Å². The van der Waals surface area contributed by atoms with Crippen molar-refractivity contribution in [3.63, 3.8) is 0 Å². The summed E-state index contributed by atoms with van der Waals surface area (Å²) in [6.07, 6.45) is -4.34. The van der Waals surface area contributed by atoms with Gasteiger partial charge >= 0.3 is 12.1 Å². The molecule has 106 valence electrons. The van der Waals surface area contributed by atoms with Gasteiger partial charge in [0.25, 0.3) is 0 Å². The van der Waals surface area contributed by atoms with Crippen molar-refractivity contribution in [3.05, 3.63) is 35.9 Å². The monoisotopic (exact) mass is 275 g/mol. The van der Waals surface area contributed by atoms with E-state index in [9.17, 15) is 23.1 Å². The standard InChI is InChI=1S/C13H16F3NO2/c1-12(11(18)19,10-6-4-3-5-7-10)8-17(2)9-13(14,15)16/h3-7H,8-9H2,1-2H3,(H,18,19). The van der Waals surface area contributed by atoms with Crippen molar-refractivity contribution in [1.82, 2.24) is 4.90 Å². The van der Waals surface area contributed by atoms with Crippen LogP contribution in [0.15, 0.2) is 30.3 Å². The second-order valence-electron chi connectivity index (χ2n) is 4.79. The van der Waals surface area contributed by atoms with Crippen molar-refractivity contribution < 1.29 is 23.1 Å². The molecule has 0 bridgehead atoms. The molecule has 1 unspecified atom stereocenters. The fourth-order valence-electron chi connectivity index (χ4n) is 1.99. The van der Waals surface area contributed by atoms with E-state index in [-0.39, 0.29) is 6.54 Å². The lowest BCUT2D eigenvalue weighted by atomic mass is 9.82. The summed E-state index contributed by atoms with van der Waals surface area (Å²) in [6.45, 7) is 0.0755. The number of rotatable bonds is 5. The molecule has 1 aromatic carbocycles. The summed E-state index contributed by atoms with van der Waals surface area (Å²) in [4.78, 5) is 12.4. The van der Waals surface area contributed by atoms with Crippen molar-refractivity contribution in [3.8, 4) is 0 Å². The molecule has 19 heavy (non-hydrogen) atoms. The number of aliphatic carboxylic acids is 1. The first-order chi connectivity index (χ1) is 8.65. The van der Waals surface area contributed by atoms with E-state index in [4.69, 9.17) is 0 Å². The van der Waals surface area contributed by atoms with Crippen LogP contribution < -0.4 is 0 Å². The third kappa shape index (κ3) is 4.24. The Labute approximate surface area is 109 Å². The zero-order valence-electron chi connectivity index (χ0n) is 10.7. The van der Waals surface area contributed by atoms with E-state index in [2.05, 4.69) is 0 Å². The molecule has 0 aliphatic heterocycles. The Morgan fingerprint density at radius 3 is 2.16 bits per heavy atom. The summed E-state index contributed by atoms with van der Waals surface area (Å²) in [5, 5.41) is 9.33. The highest BCUT2D eigenvalue weighted by Crippen LogP contribution is 2.26. The Kier molecular flexibility index (Phi) is 4.57. The van der Waals surface area contributed by atoms with Crippen molar-refractivity contribution in [2.75, 3.05) is 20.1 Å². The molecule has 1 aromatic rings. The molecule has 0 heterocycles. The minimum Gasteiger partial charge on any atom is -0.481 e. The Morgan fingerprint density at radius 2 is 1.74 bits per heavy atom. The lowest BCUT2D eigenvalue weighted by Gasteiger charge is -2.31. The van der Waals surface area contributed by atoms with Crippen molar-refractivity contribution in [2.45, 2.75) is 18.5 Å². The van der Waals surface area contributed by atoms with Gasteiger partial charge in [-0.25, -0.2) is 0 Å². The number of hydrogen-bond acceptors (Lipinski definition) is 2. The van der Waals surface area contributed by atoms with Gasteiger partial charge in [0.1, 0.15) is 5.41 Å². The summed E-state index contributed by atoms with van der Waals surface area (Å²) in [5.74, 6) is -1.15. The van der Waals surface area contributed by atoms with Gasteiger partial charge in [0.2, 0.25) is 0 Å². The molecule has 1 atom stereocenters. The zero-order valence-corrected chi connectivity index (χ0v) is 10.7. The van der Waals surface area contributed by atoms with Gasteiger partial charge in [0.05, 0.1) is 6.54 Å². The van der Waals surface area contributed by atoms with E-state index in [0.717, 1.165) is 4.90 Å². The molecular weight excluding hydrogens is 259 g/mol. The predicted molar refractivity (Wildman–Crippen MR) is 65.0 cm³/mol. The number of halogens is 3. The minimum atomic E-state index is -4.34. The number of carboxylic acid groups (broad SMARTS) is 1. The average molecular weight is 275 g/mol. The summed E-state index contributed by atoms with van der Waals surface area (Å²) >= 11 is 0. The number of benzene rings is 1. The lowest BCUT2D eigenvalue weighted by molar-refractivity contribution is -0.152.